The molecule has 1 heterocycles. The Balaban J connectivity index is 1.96. The average Bonchev–Trinajstić information content (AvgIpc) is 3.14. The second-order valence-corrected chi connectivity index (χ2v) is 8.08. The summed E-state index contributed by atoms with van der Waals surface area (Å²) < 4.78 is 16.5. The van der Waals surface area contributed by atoms with Gasteiger partial charge in [-0.1, -0.05) is 42.0 Å². The maximum atomic E-state index is 13.4. The zero-order valence-electron chi connectivity index (χ0n) is 20.1. The van der Waals surface area contributed by atoms with Gasteiger partial charge in [-0.05, 0) is 43.7 Å². The Morgan fingerprint density at radius 2 is 1.69 bits per heavy atom. The van der Waals surface area contributed by atoms with Crippen LogP contribution in [0.15, 0.2) is 72.3 Å². The molecule has 1 saturated heterocycles. The number of methoxy groups -OCH3 is 2. The average molecular weight is 474 g/mol. The summed E-state index contributed by atoms with van der Waals surface area (Å²) in [5, 5.41) is 11.3. The molecule has 1 aliphatic heterocycles. The SMILES string of the molecule is CCOc1cc(C2/C(=C(/O)c3ccc(C)cc3)C(=O)C(=O)N2c2cccc(OC)c2)ccc1OC. The normalized spacial score (nSPS) is 16.9. The first-order valence-electron chi connectivity index (χ1n) is 11.2. The molecule has 3 aromatic rings. The minimum Gasteiger partial charge on any atom is -0.507 e. The fourth-order valence-electron chi connectivity index (χ4n) is 4.17. The zero-order chi connectivity index (χ0) is 25.1. The number of hydrogen-bond donors (Lipinski definition) is 1. The molecule has 35 heavy (non-hydrogen) atoms. The van der Waals surface area contributed by atoms with Crippen LogP contribution in [0.5, 0.6) is 17.2 Å². The number of aliphatic hydroxyl groups excluding tert-OH is 1. The number of rotatable bonds is 7. The molecular formula is C28H27NO6. The van der Waals surface area contributed by atoms with Crippen molar-refractivity contribution in [3.05, 3.63) is 89.0 Å². The van der Waals surface area contributed by atoms with Gasteiger partial charge in [-0.2, -0.15) is 0 Å². The molecule has 7 heteroatoms. The molecule has 0 aliphatic carbocycles. The summed E-state index contributed by atoms with van der Waals surface area (Å²) in [6.07, 6.45) is 0. The Morgan fingerprint density at radius 1 is 0.943 bits per heavy atom. The first kappa shape index (κ1) is 23.9. The van der Waals surface area contributed by atoms with E-state index < -0.39 is 17.7 Å². The van der Waals surface area contributed by atoms with Crippen molar-refractivity contribution in [1.29, 1.82) is 0 Å². The number of aliphatic hydroxyl groups is 1. The number of anilines is 1. The van der Waals surface area contributed by atoms with Gasteiger partial charge in [0.05, 0.1) is 32.4 Å². The van der Waals surface area contributed by atoms with Crippen molar-refractivity contribution in [1.82, 2.24) is 0 Å². The Labute approximate surface area is 204 Å². The third-order valence-electron chi connectivity index (χ3n) is 5.90. The third kappa shape index (κ3) is 4.45. The number of aryl methyl sites for hydroxylation is 1. The van der Waals surface area contributed by atoms with Crippen molar-refractivity contribution in [2.45, 2.75) is 19.9 Å². The molecule has 180 valence electrons. The molecular weight excluding hydrogens is 446 g/mol. The van der Waals surface area contributed by atoms with Crippen LogP contribution in [0, 0.1) is 6.92 Å². The highest BCUT2D eigenvalue weighted by Gasteiger charge is 2.47. The molecule has 1 aliphatic rings. The number of hydrogen-bond acceptors (Lipinski definition) is 6. The standard InChI is InChI=1S/C28H27NO6/c1-5-35-23-15-19(13-14-22(23)34-4)25-24(26(30)18-11-9-17(2)10-12-18)27(31)28(32)29(25)20-7-6-8-21(16-20)33-3/h6-16,25,30H,5H2,1-4H3/b26-24-. The molecule has 3 aromatic carbocycles. The van der Waals surface area contributed by atoms with E-state index >= 15 is 0 Å². The van der Waals surface area contributed by atoms with Gasteiger partial charge in [0.1, 0.15) is 11.5 Å². The van der Waals surface area contributed by atoms with Crippen LogP contribution in [-0.2, 0) is 9.59 Å². The van der Waals surface area contributed by atoms with E-state index in [4.69, 9.17) is 14.2 Å². The topological polar surface area (TPSA) is 85.3 Å². The number of benzene rings is 3. The molecule has 0 bridgehead atoms. The molecule has 0 radical (unpaired) electrons. The number of amides is 1. The fourth-order valence-corrected chi connectivity index (χ4v) is 4.17. The first-order valence-corrected chi connectivity index (χ1v) is 11.2. The largest absolute Gasteiger partial charge is 0.507 e. The van der Waals surface area contributed by atoms with Crippen LogP contribution in [0.25, 0.3) is 5.76 Å². The Hall–Kier alpha value is -4.26. The van der Waals surface area contributed by atoms with E-state index in [1.54, 1.807) is 54.6 Å². The number of ether oxygens (including phenoxy) is 3. The minimum absolute atomic E-state index is 0.00529. The maximum Gasteiger partial charge on any atom is 0.300 e. The Morgan fingerprint density at radius 3 is 2.34 bits per heavy atom. The van der Waals surface area contributed by atoms with Crippen molar-refractivity contribution < 1.29 is 28.9 Å². The van der Waals surface area contributed by atoms with Crippen molar-refractivity contribution in [3.63, 3.8) is 0 Å². The van der Waals surface area contributed by atoms with Gasteiger partial charge < -0.3 is 19.3 Å². The summed E-state index contributed by atoms with van der Waals surface area (Å²) in [6.45, 7) is 4.18. The van der Waals surface area contributed by atoms with E-state index in [1.807, 2.05) is 26.0 Å². The Kier molecular flexibility index (Phi) is 6.78. The van der Waals surface area contributed by atoms with Crippen LogP contribution >= 0.6 is 0 Å². The fraction of sp³-hybridized carbons (Fsp3) is 0.214. The lowest BCUT2D eigenvalue weighted by Gasteiger charge is -2.26. The molecule has 7 nitrogen and oxygen atoms in total. The first-order chi connectivity index (χ1) is 16.9. The lowest BCUT2D eigenvalue weighted by atomic mass is 9.94. The van der Waals surface area contributed by atoms with Crippen LogP contribution in [0.2, 0.25) is 0 Å². The number of ketones is 1. The highest BCUT2D eigenvalue weighted by molar-refractivity contribution is 6.51. The molecule has 1 amide bonds. The molecule has 1 atom stereocenters. The highest BCUT2D eigenvalue weighted by Crippen LogP contribution is 2.44. The second kappa shape index (κ2) is 9.93. The van der Waals surface area contributed by atoms with Gasteiger partial charge >= 0.3 is 0 Å². The predicted octanol–water partition coefficient (Wildman–Crippen LogP) is 5.04. The van der Waals surface area contributed by atoms with Crippen molar-refractivity contribution >= 4 is 23.1 Å². The molecule has 1 fully saturated rings. The van der Waals surface area contributed by atoms with E-state index in [0.29, 0.717) is 40.7 Å². The predicted molar refractivity (Wildman–Crippen MR) is 133 cm³/mol. The van der Waals surface area contributed by atoms with E-state index in [0.717, 1.165) is 5.56 Å². The number of carbonyl (C=O) groups is 2. The van der Waals surface area contributed by atoms with Crippen molar-refractivity contribution in [2.24, 2.45) is 0 Å². The van der Waals surface area contributed by atoms with E-state index in [-0.39, 0.29) is 11.3 Å². The second-order valence-electron chi connectivity index (χ2n) is 8.08. The van der Waals surface area contributed by atoms with Gasteiger partial charge in [0.25, 0.3) is 11.7 Å². The summed E-state index contributed by atoms with van der Waals surface area (Å²) in [7, 11) is 3.07. The van der Waals surface area contributed by atoms with Crippen LogP contribution in [0.3, 0.4) is 0 Å². The molecule has 4 rings (SSSR count). The van der Waals surface area contributed by atoms with Gasteiger partial charge in [-0.25, -0.2) is 0 Å². The molecule has 0 saturated carbocycles. The summed E-state index contributed by atoms with van der Waals surface area (Å²) in [6, 6.07) is 18.3. The summed E-state index contributed by atoms with van der Waals surface area (Å²) in [4.78, 5) is 28.1. The quantitative estimate of drug-likeness (QED) is 0.294. The van der Waals surface area contributed by atoms with Gasteiger partial charge in [0, 0.05) is 17.3 Å². The molecule has 1 unspecified atom stereocenters. The summed E-state index contributed by atoms with van der Waals surface area (Å²) >= 11 is 0. The zero-order valence-corrected chi connectivity index (χ0v) is 20.1. The van der Waals surface area contributed by atoms with Gasteiger partial charge in [-0.15, -0.1) is 0 Å². The third-order valence-corrected chi connectivity index (χ3v) is 5.90. The molecule has 0 aromatic heterocycles. The van der Waals surface area contributed by atoms with Crippen molar-refractivity contribution in [2.75, 3.05) is 25.7 Å². The van der Waals surface area contributed by atoms with Crippen LogP contribution in [-0.4, -0.2) is 37.6 Å². The lowest BCUT2D eigenvalue weighted by Crippen LogP contribution is -2.29. The van der Waals surface area contributed by atoms with Gasteiger partial charge in [-0.3, -0.25) is 14.5 Å². The number of Topliss-reactive ketones (excluding diaryl/α,β-unsaturated/α-hetero) is 1. The smallest absolute Gasteiger partial charge is 0.300 e. The highest BCUT2D eigenvalue weighted by atomic mass is 16.5. The van der Waals surface area contributed by atoms with Crippen LogP contribution in [0.1, 0.15) is 29.7 Å². The van der Waals surface area contributed by atoms with Gasteiger partial charge in [0.2, 0.25) is 0 Å². The lowest BCUT2D eigenvalue weighted by molar-refractivity contribution is -0.132. The van der Waals surface area contributed by atoms with Crippen LogP contribution in [0.4, 0.5) is 5.69 Å². The molecule has 1 N–H and O–H groups in total. The number of nitrogens with zero attached hydrogens (tertiary/aromatic N) is 1. The summed E-state index contributed by atoms with van der Waals surface area (Å²) in [5.74, 6) is -0.235. The number of carbonyl (C=O) groups excluding carboxylic acids is 2. The van der Waals surface area contributed by atoms with Crippen molar-refractivity contribution in [3.8, 4) is 17.2 Å². The maximum absolute atomic E-state index is 13.4. The van der Waals surface area contributed by atoms with E-state index in [9.17, 15) is 14.7 Å². The van der Waals surface area contributed by atoms with Gasteiger partial charge in [0.15, 0.2) is 11.5 Å². The van der Waals surface area contributed by atoms with Crippen LogP contribution < -0.4 is 19.1 Å². The van der Waals surface area contributed by atoms with E-state index in [1.165, 1.54) is 19.1 Å². The minimum atomic E-state index is -0.895. The van der Waals surface area contributed by atoms with E-state index in [2.05, 4.69) is 0 Å². The summed E-state index contributed by atoms with van der Waals surface area (Å²) in [5.41, 5.74) is 2.50. The monoisotopic (exact) mass is 473 g/mol. The molecule has 0 spiro atoms. The Bertz CT molecular complexity index is 1300.